The highest BCUT2D eigenvalue weighted by atomic mass is 16.5. The summed E-state index contributed by atoms with van der Waals surface area (Å²) in [6, 6.07) is 13.1. The number of hydrogen-bond acceptors (Lipinski definition) is 6. The first-order chi connectivity index (χ1) is 15.1. The summed E-state index contributed by atoms with van der Waals surface area (Å²) in [5.41, 5.74) is 4.29. The second-order valence-electron chi connectivity index (χ2n) is 7.06. The van der Waals surface area contributed by atoms with Crippen molar-refractivity contribution >= 4 is 5.91 Å². The molecule has 1 aliphatic heterocycles. The molecule has 2 heterocycles. The summed E-state index contributed by atoms with van der Waals surface area (Å²) in [5.74, 6) is 2.32. The highest BCUT2D eigenvalue weighted by Gasteiger charge is 2.30. The number of aromatic nitrogens is 1. The molecule has 7 nitrogen and oxygen atoms in total. The van der Waals surface area contributed by atoms with Crippen LogP contribution in [0.5, 0.6) is 23.0 Å². The predicted molar refractivity (Wildman–Crippen MR) is 116 cm³/mol. The van der Waals surface area contributed by atoms with E-state index in [0.717, 1.165) is 28.1 Å². The first-order valence-electron chi connectivity index (χ1n) is 9.86. The number of amides is 1. The van der Waals surface area contributed by atoms with Gasteiger partial charge in [-0.25, -0.2) is 0 Å². The molecule has 7 heteroatoms. The molecule has 0 aliphatic carbocycles. The van der Waals surface area contributed by atoms with Crippen LogP contribution in [-0.2, 0) is 6.42 Å². The smallest absolute Gasteiger partial charge is 0.251 e. The fourth-order valence-corrected chi connectivity index (χ4v) is 3.77. The Balaban J connectivity index is 1.67. The largest absolute Gasteiger partial charge is 0.493 e. The Labute approximate surface area is 180 Å². The molecule has 1 aromatic heterocycles. The highest BCUT2D eigenvalue weighted by Crippen LogP contribution is 2.46. The van der Waals surface area contributed by atoms with Gasteiger partial charge >= 0.3 is 0 Å². The molecule has 160 valence electrons. The third kappa shape index (κ3) is 3.74. The van der Waals surface area contributed by atoms with Crippen LogP contribution in [0.2, 0.25) is 0 Å². The number of methoxy groups -OCH3 is 3. The molecular formula is C24H24N2O5. The quantitative estimate of drug-likeness (QED) is 0.653. The summed E-state index contributed by atoms with van der Waals surface area (Å²) in [7, 11) is 6.37. The van der Waals surface area contributed by atoms with Crippen molar-refractivity contribution in [1.82, 2.24) is 10.3 Å². The van der Waals surface area contributed by atoms with Crippen LogP contribution in [-0.4, -0.2) is 39.3 Å². The number of benzene rings is 2. The first kappa shape index (κ1) is 20.5. The highest BCUT2D eigenvalue weighted by molar-refractivity contribution is 5.94. The number of fused-ring (bicyclic) bond motifs is 1. The number of ether oxygens (including phenoxy) is 4. The minimum absolute atomic E-state index is 0.120. The van der Waals surface area contributed by atoms with E-state index in [0.29, 0.717) is 29.2 Å². The lowest BCUT2D eigenvalue weighted by Gasteiger charge is -2.17. The summed E-state index contributed by atoms with van der Waals surface area (Å²) in [6.07, 6.45) is 2.17. The maximum absolute atomic E-state index is 11.8. The van der Waals surface area contributed by atoms with E-state index in [2.05, 4.69) is 10.3 Å². The zero-order valence-corrected chi connectivity index (χ0v) is 17.9. The fourth-order valence-electron chi connectivity index (χ4n) is 3.77. The van der Waals surface area contributed by atoms with Gasteiger partial charge in [-0.2, -0.15) is 0 Å². The summed E-state index contributed by atoms with van der Waals surface area (Å²) < 4.78 is 22.7. The molecule has 31 heavy (non-hydrogen) atoms. The summed E-state index contributed by atoms with van der Waals surface area (Å²) >= 11 is 0. The molecule has 1 atom stereocenters. The molecule has 1 unspecified atom stereocenters. The lowest BCUT2D eigenvalue weighted by Crippen LogP contribution is -2.17. The third-order valence-corrected chi connectivity index (χ3v) is 5.36. The van der Waals surface area contributed by atoms with Crippen molar-refractivity contribution in [1.29, 1.82) is 0 Å². The van der Waals surface area contributed by atoms with E-state index in [9.17, 15) is 4.79 Å². The number of nitrogens with one attached hydrogen (secondary N) is 1. The lowest BCUT2D eigenvalue weighted by atomic mass is 10.0. The number of carbonyl (C=O) groups is 1. The summed E-state index contributed by atoms with van der Waals surface area (Å²) in [4.78, 5) is 16.3. The summed E-state index contributed by atoms with van der Waals surface area (Å²) in [6.45, 7) is 0. The van der Waals surface area contributed by atoms with Crippen LogP contribution in [0.1, 0.15) is 27.7 Å². The minimum atomic E-state index is -0.234. The topological polar surface area (TPSA) is 78.9 Å². The van der Waals surface area contributed by atoms with Gasteiger partial charge in [0.05, 0.1) is 27.0 Å². The molecule has 3 aromatic rings. The van der Waals surface area contributed by atoms with Crippen molar-refractivity contribution in [2.75, 3.05) is 28.4 Å². The zero-order chi connectivity index (χ0) is 22.0. The normalized spacial score (nSPS) is 14.4. The van der Waals surface area contributed by atoms with Crippen LogP contribution in [0.15, 0.2) is 48.7 Å². The van der Waals surface area contributed by atoms with E-state index < -0.39 is 0 Å². The molecular weight excluding hydrogens is 396 g/mol. The molecule has 4 rings (SSSR count). The Bertz CT molecular complexity index is 1090. The Hall–Kier alpha value is -3.74. The second-order valence-corrected chi connectivity index (χ2v) is 7.06. The van der Waals surface area contributed by atoms with Crippen molar-refractivity contribution < 1.29 is 23.7 Å². The lowest BCUT2D eigenvalue weighted by molar-refractivity contribution is 0.0963. The van der Waals surface area contributed by atoms with Gasteiger partial charge in [0.15, 0.2) is 11.5 Å². The maximum atomic E-state index is 11.8. The fraction of sp³-hybridized carbons (Fsp3) is 0.250. The van der Waals surface area contributed by atoms with Crippen LogP contribution < -0.4 is 24.3 Å². The number of nitrogens with zero attached hydrogens (tertiary/aromatic N) is 1. The molecule has 2 aromatic carbocycles. The Morgan fingerprint density at radius 2 is 1.71 bits per heavy atom. The Morgan fingerprint density at radius 1 is 1.03 bits per heavy atom. The van der Waals surface area contributed by atoms with Crippen LogP contribution >= 0.6 is 0 Å². The van der Waals surface area contributed by atoms with Gasteiger partial charge in [0.25, 0.3) is 5.91 Å². The number of rotatable bonds is 6. The molecule has 0 saturated carbocycles. The second kappa shape index (κ2) is 8.55. The number of carbonyl (C=O) groups excluding carboxylic acids is 1. The average molecular weight is 420 g/mol. The molecule has 1 N–H and O–H groups in total. The number of pyridine rings is 1. The first-order valence-corrected chi connectivity index (χ1v) is 9.86. The van der Waals surface area contributed by atoms with Gasteiger partial charge in [-0.3, -0.25) is 9.78 Å². The summed E-state index contributed by atoms with van der Waals surface area (Å²) in [5, 5.41) is 2.63. The molecule has 0 saturated heterocycles. The van der Waals surface area contributed by atoms with Gasteiger partial charge < -0.3 is 24.3 Å². The maximum Gasteiger partial charge on any atom is 0.251 e. The van der Waals surface area contributed by atoms with E-state index in [1.165, 1.54) is 0 Å². The Morgan fingerprint density at radius 3 is 2.29 bits per heavy atom. The molecule has 0 bridgehead atoms. The van der Waals surface area contributed by atoms with Gasteiger partial charge in [0.2, 0.25) is 5.75 Å². The van der Waals surface area contributed by atoms with Crippen molar-refractivity contribution in [2.45, 2.75) is 12.5 Å². The molecule has 0 spiro atoms. The van der Waals surface area contributed by atoms with Crippen molar-refractivity contribution in [3.05, 3.63) is 65.5 Å². The minimum Gasteiger partial charge on any atom is -0.493 e. The SMILES string of the molecule is CNC(=O)c1ccc(-c2ccnc3c2OC(c2cc(OC)c(OC)c(OC)c2)C3)cc1. The molecule has 0 radical (unpaired) electrons. The molecule has 1 amide bonds. The predicted octanol–water partition coefficient (Wildman–Crippen LogP) is 3.81. The standard InChI is InChI=1S/C24H24N2O5/c1-25-24(27)15-7-5-14(6-8-15)17-9-10-26-18-13-19(31-22(17)18)16-11-20(28-2)23(30-4)21(12-16)29-3/h5-12,19H,13H2,1-4H3,(H,25,27). The van der Waals surface area contributed by atoms with Crippen LogP contribution in [0.3, 0.4) is 0 Å². The van der Waals surface area contributed by atoms with E-state index in [-0.39, 0.29) is 12.0 Å². The van der Waals surface area contributed by atoms with Crippen LogP contribution in [0, 0.1) is 0 Å². The van der Waals surface area contributed by atoms with Crippen LogP contribution in [0.4, 0.5) is 0 Å². The molecule has 0 fully saturated rings. The van der Waals surface area contributed by atoms with Gasteiger partial charge in [-0.15, -0.1) is 0 Å². The molecule has 1 aliphatic rings. The van der Waals surface area contributed by atoms with E-state index in [4.69, 9.17) is 18.9 Å². The van der Waals surface area contributed by atoms with Crippen molar-refractivity contribution in [2.24, 2.45) is 0 Å². The monoisotopic (exact) mass is 420 g/mol. The van der Waals surface area contributed by atoms with Crippen molar-refractivity contribution in [3.8, 4) is 34.1 Å². The Kier molecular flexibility index (Phi) is 5.66. The van der Waals surface area contributed by atoms with Gasteiger partial charge in [0, 0.05) is 36.4 Å². The van der Waals surface area contributed by atoms with Gasteiger partial charge in [0.1, 0.15) is 11.9 Å². The third-order valence-electron chi connectivity index (χ3n) is 5.36. The van der Waals surface area contributed by atoms with E-state index >= 15 is 0 Å². The van der Waals surface area contributed by atoms with Crippen LogP contribution in [0.25, 0.3) is 11.1 Å². The van der Waals surface area contributed by atoms with E-state index in [1.807, 2.05) is 30.3 Å². The van der Waals surface area contributed by atoms with Gasteiger partial charge in [-0.05, 0) is 35.9 Å². The van der Waals surface area contributed by atoms with Gasteiger partial charge in [-0.1, -0.05) is 12.1 Å². The zero-order valence-electron chi connectivity index (χ0n) is 17.9. The number of hydrogen-bond donors (Lipinski definition) is 1. The van der Waals surface area contributed by atoms with E-state index in [1.54, 1.807) is 46.7 Å². The van der Waals surface area contributed by atoms with Crippen molar-refractivity contribution in [3.63, 3.8) is 0 Å². The average Bonchev–Trinajstić information content (AvgIpc) is 3.27.